The number of barbiturate groups is 1. The molecule has 12 heteroatoms. The first-order chi connectivity index (χ1) is 17.6. The van der Waals surface area contributed by atoms with Gasteiger partial charge in [0.15, 0.2) is 6.61 Å². The monoisotopic (exact) mass is 561 g/mol. The number of nitrogens with one attached hydrogen (secondary N) is 2. The lowest BCUT2D eigenvalue weighted by molar-refractivity contribution is -0.122. The Kier molecular flexibility index (Phi) is 7.77. The Morgan fingerprint density at radius 3 is 2.35 bits per heavy atom. The number of imide groups is 2. The molecule has 1 aliphatic heterocycles. The van der Waals surface area contributed by atoms with Crippen molar-refractivity contribution in [2.45, 2.75) is 0 Å². The number of amides is 5. The van der Waals surface area contributed by atoms with Gasteiger partial charge in [-0.05, 0) is 66.2 Å². The van der Waals surface area contributed by atoms with Gasteiger partial charge in [-0.2, -0.15) is 0 Å². The Bertz CT molecular complexity index is 1460. The second-order valence-electron chi connectivity index (χ2n) is 7.59. The minimum absolute atomic E-state index is 0.0863. The molecule has 0 aromatic heterocycles. The maximum Gasteiger partial charge on any atom is 0.335 e. The van der Waals surface area contributed by atoms with Crippen molar-refractivity contribution < 1.29 is 28.3 Å². The number of carbonyl (C=O) groups is 4. The van der Waals surface area contributed by atoms with Gasteiger partial charge in [0.1, 0.15) is 17.1 Å². The molecule has 8 nitrogen and oxygen atoms in total. The molecule has 1 fully saturated rings. The van der Waals surface area contributed by atoms with Crippen molar-refractivity contribution in [1.29, 1.82) is 0 Å². The van der Waals surface area contributed by atoms with Crippen LogP contribution < -0.4 is 20.3 Å². The fourth-order valence-corrected chi connectivity index (χ4v) is 3.83. The molecule has 0 unspecified atom stereocenters. The molecule has 3 aromatic carbocycles. The zero-order chi connectivity index (χ0) is 26.7. The summed E-state index contributed by atoms with van der Waals surface area (Å²) in [7, 11) is 0. The molecule has 0 bridgehead atoms. The van der Waals surface area contributed by atoms with Gasteiger partial charge >= 0.3 is 6.03 Å². The third-order valence-electron chi connectivity index (χ3n) is 5.02. The van der Waals surface area contributed by atoms with Gasteiger partial charge < -0.3 is 10.1 Å². The molecule has 1 heterocycles. The summed E-state index contributed by atoms with van der Waals surface area (Å²) in [4.78, 5) is 50.4. The van der Waals surface area contributed by atoms with E-state index in [9.17, 15) is 23.6 Å². The van der Waals surface area contributed by atoms with E-state index in [1.54, 1.807) is 6.07 Å². The molecular formula is C25H15Cl3FN3O5. The summed E-state index contributed by atoms with van der Waals surface area (Å²) in [6.45, 7) is -0.365. The summed E-state index contributed by atoms with van der Waals surface area (Å²) in [5.74, 6) is -2.64. The van der Waals surface area contributed by atoms with Crippen LogP contribution >= 0.6 is 34.8 Å². The van der Waals surface area contributed by atoms with Crippen LogP contribution in [0.4, 0.5) is 20.6 Å². The number of carbonyl (C=O) groups excluding carboxylic acids is 4. The molecule has 0 radical (unpaired) electrons. The summed E-state index contributed by atoms with van der Waals surface area (Å²) >= 11 is 18.0. The maximum atomic E-state index is 13.2. The lowest BCUT2D eigenvalue weighted by Crippen LogP contribution is -2.54. The molecule has 3 aromatic rings. The van der Waals surface area contributed by atoms with E-state index >= 15 is 0 Å². The maximum absolute atomic E-state index is 13.2. The van der Waals surface area contributed by atoms with Gasteiger partial charge in [-0.15, -0.1) is 0 Å². The number of anilines is 2. The number of halogens is 4. The van der Waals surface area contributed by atoms with Gasteiger partial charge in [0.2, 0.25) is 0 Å². The summed E-state index contributed by atoms with van der Waals surface area (Å²) in [5, 5.41) is 5.41. The smallest absolute Gasteiger partial charge is 0.335 e. The fourth-order valence-electron chi connectivity index (χ4n) is 3.29. The summed E-state index contributed by atoms with van der Waals surface area (Å²) in [5.41, 5.74) is 0.530. The molecule has 5 amide bonds. The summed E-state index contributed by atoms with van der Waals surface area (Å²) in [6, 6.07) is 12.7. The second kappa shape index (κ2) is 11.0. The van der Waals surface area contributed by atoms with E-state index < -0.39 is 29.6 Å². The van der Waals surface area contributed by atoms with E-state index in [0.717, 1.165) is 17.0 Å². The van der Waals surface area contributed by atoms with Crippen molar-refractivity contribution in [2.24, 2.45) is 0 Å². The van der Waals surface area contributed by atoms with Crippen molar-refractivity contribution >= 4 is 76.0 Å². The highest BCUT2D eigenvalue weighted by molar-refractivity contribution is 6.42. The second-order valence-corrected chi connectivity index (χ2v) is 8.81. The zero-order valence-electron chi connectivity index (χ0n) is 18.6. The normalized spacial score (nSPS) is 14.5. The first-order valence-corrected chi connectivity index (χ1v) is 11.6. The molecule has 0 atom stereocenters. The van der Waals surface area contributed by atoms with E-state index in [4.69, 9.17) is 39.5 Å². The van der Waals surface area contributed by atoms with Crippen LogP contribution in [0.25, 0.3) is 6.08 Å². The fraction of sp³-hybridized carbons (Fsp3) is 0.0400. The third-order valence-corrected chi connectivity index (χ3v) is 6.05. The molecule has 1 saturated heterocycles. The van der Waals surface area contributed by atoms with Crippen LogP contribution in [0.15, 0.2) is 66.2 Å². The molecule has 4 rings (SSSR count). The van der Waals surface area contributed by atoms with E-state index in [-0.39, 0.29) is 33.7 Å². The van der Waals surface area contributed by atoms with Crippen molar-refractivity contribution in [1.82, 2.24) is 5.32 Å². The minimum Gasteiger partial charge on any atom is -0.482 e. The van der Waals surface area contributed by atoms with Crippen LogP contribution in [-0.2, 0) is 14.4 Å². The standard InChI is InChI=1S/C25H15Cl3FN3O5/c26-18-7-4-15(11-19(18)27)30-22(33)12-37-21-8-1-13(10-20(21)28)9-17-23(34)31-25(36)32(24(17)35)16-5-2-14(29)3-6-16/h1-11H,12H2,(H,30,33)(H,31,34,36)/b17-9+. The highest BCUT2D eigenvalue weighted by Gasteiger charge is 2.36. The number of hydrogen-bond donors (Lipinski definition) is 2. The van der Waals surface area contributed by atoms with Crippen LogP contribution in [0.2, 0.25) is 15.1 Å². The number of benzene rings is 3. The Hall–Kier alpha value is -3.92. The number of rotatable bonds is 6. The Balaban J connectivity index is 1.46. The third kappa shape index (κ3) is 6.08. The number of ether oxygens (including phenoxy) is 1. The number of nitrogens with zero attached hydrogens (tertiary/aromatic N) is 1. The largest absolute Gasteiger partial charge is 0.482 e. The Labute approximate surface area is 224 Å². The molecule has 1 aliphatic rings. The van der Waals surface area contributed by atoms with Crippen molar-refractivity contribution in [3.63, 3.8) is 0 Å². The van der Waals surface area contributed by atoms with Crippen LogP contribution in [0.1, 0.15) is 5.56 Å². The van der Waals surface area contributed by atoms with E-state index in [0.29, 0.717) is 16.3 Å². The van der Waals surface area contributed by atoms with E-state index in [2.05, 4.69) is 10.6 Å². The topological polar surface area (TPSA) is 105 Å². The number of hydrogen-bond acceptors (Lipinski definition) is 5. The minimum atomic E-state index is -0.959. The molecule has 37 heavy (non-hydrogen) atoms. The van der Waals surface area contributed by atoms with Gasteiger partial charge in [-0.25, -0.2) is 14.1 Å². The van der Waals surface area contributed by atoms with Crippen molar-refractivity contribution in [3.8, 4) is 5.75 Å². The molecule has 2 N–H and O–H groups in total. The SMILES string of the molecule is O=C(COc1ccc(/C=C2\C(=O)NC(=O)N(c3ccc(F)cc3)C2=O)cc1Cl)Nc1ccc(Cl)c(Cl)c1. The van der Waals surface area contributed by atoms with Crippen molar-refractivity contribution in [3.05, 3.63) is 92.7 Å². The van der Waals surface area contributed by atoms with Crippen molar-refractivity contribution in [2.75, 3.05) is 16.8 Å². The molecular weight excluding hydrogens is 548 g/mol. The first-order valence-electron chi connectivity index (χ1n) is 10.5. The van der Waals surface area contributed by atoms with Gasteiger partial charge in [-0.3, -0.25) is 19.7 Å². The highest BCUT2D eigenvalue weighted by atomic mass is 35.5. The molecule has 0 spiro atoms. The first kappa shape index (κ1) is 26.2. The van der Waals surface area contributed by atoms with Gasteiger partial charge in [-0.1, -0.05) is 40.9 Å². The highest BCUT2D eigenvalue weighted by Crippen LogP contribution is 2.28. The van der Waals surface area contributed by atoms with Crippen LogP contribution in [0, 0.1) is 5.82 Å². The number of urea groups is 1. The quantitative estimate of drug-likeness (QED) is 0.306. The Morgan fingerprint density at radius 1 is 0.946 bits per heavy atom. The van der Waals surface area contributed by atoms with E-state index in [1.165, 1.54) is 48.5 Å². The lowest BCUT2D eigenvalue weighted by atomic mass is 10.1. The zero-order valence-corrected chi connectivity index (χ0v) is 20.8. The summed E-state index contributed by atoms with van der Waals surface area (Å²) < 4.78 is 18.7. The molecule has 0 aliphatic carbocycles. The predicted molar refractivity (Wildman–Crippen MR) is 137 cm³/mol. The van der Waals surface area contributed by atoms with Crippen LogP contribution in [-0.4, -0.2) is 30.4 Å². The predicted octanol–water partition coefficient (Wildman–Crippen LogP) is 5.47. The average Bonchev–Trinajstić information content (AvgIpc) is 2.84. The molecule has 188 valence electrons. The van der Waals surface area contributed by atoms with Gasteiger partial charge in [0.05, 0.1) is 20.8 Å². The molecule has 0 saturated carbocycles. The van der Waals surface area contributed by atoms with Gasteiger partial charge in [0.25, 0.3) is 17.7 Å². The van der Waals surface area contributed by atoms with Crippen LogP contribution in [0.3, 0.4) is 0 Å². The Morgan fingerprint density at radius 2 is 1.68 bits per heavy atom. The summed E-state index contributed by atoms with van der Waals surface area (Å²) in [6.07, 6.45) is 1.24. The van der Waals surface area contributed by atoms with E-state index in [1.807, 2.05) is 0 Å². The lowest BCUT2D eigenvalue weighted by Gasteiger charge is -2.26. The van der Waals surface area contributed by atoms with Gasteiger partial charge in [0, 0.05) is 5.69 Å². The van der Waals surface area contributed by atoms with Crippen LogP contribution in [0.5, 0.6) is 5.75 Å². The average molecular weight is 563 g/mol.